The number of benzene rings is 11. The van der Waals surface area contributed by atoms with Gasteiger partial charge in [-0.3, -0.25) is 0 Å². The zero-order chi connectivity index (χ0) is 47.3. The summed E-state index contributed by atoms with van der Waals surface area (Å²) in [6.07, 6.45) is 0. The summed E-state index contributed by atoms with van der Waals surface area (Å²) in [6.45, 7) is -0.140. The molecule has 0 saturated heterocycles. The van der Waals surface area contributed by atoms with Gasteiger partial charge in [0.1, 0.15) is 23.0 Å². The maximum absolute atomic E-state index is 7.26. The lowest BCUT2D eigenvalue weighted by molar-refractivity contribution is 0.464. The fourth-order valence-corrected chi connectivity index (χ4v) is 17.2. The van der Waals surface area contributed by atoms with Crippen LogP contribution in [0.1, 0.15) is 0 Å². The predicted molar refractivity (Wildman–Crippen MR) is 302 cm³/mol. The Labute approximate surface area is 418 Å². The molecule has 0 saturated carbocycles. The van der Waals surface area contributed by atoms with Crippen LogP contribution < -0.4 is 46.6 Å². The average Bonchev–Trinajstić information content (AvgIpc) is 3.95. The molecule has 2 aliphatic rings. The molecule has 4 nitrogen and oxygen atoms in total. The molecule has 0 bridgehead atoms. The second-order valence-electron chi connectivity index (χ2n) is 19.1. The van der Waals surface area contributed by atoms with Gasteiger partial charge in [-0.05, 0) is 103 Å². The van der Waals surface area contributed by atoms with Crippen LogP contribution in [-0.4, -0.2) is 23.9 Å². The van der Waals surface area contributed by atoms with Gasteiger partial charge in [0, 0.05) is 38.8 Å². The minimum Gasteiger partial charge on any atom is -0.458 e. The van der Waals surface area contributed by atoms with E-state index in [-0.39, 0.29) is 6.71 Å². The minimum absolute atomic E-state index is 0.140. The van der Waals surface area contributed by atoms with Crippen molar-refractivity contribution in [3.05, 3.63) is 261 Å². The summed E-state index contributed by atoms with van der Waals surface area (Å²) in [4.78, 5) is 0. The number of ether oxygens (including phenoxy) is 2. The lowest BCUT2D eigenvalue weighted by Gasteiger charge is -2.36. The molecule has 11 aromatic carbocycles. The van der Waals surface area contributed by atoms with Gasteiger partial charge in [-0.15, -0.1) is 0 Å². The number of rotatable bonds is 7. The lowest BCUT2D eigenvalue weighted by atomic mass is 9.34. The van der Waals surface area contributed by atoms with Crippen molar-refractivity contribution in [2.45, 2.75) is 0 Å². The highest BCUT2D eigenvalue weighted by molar-refractivity contribution is 7.20. The van der Waals surface area contributed by atoms with Crippen molar-refractivity contribution in [1.29, 1.82) is 0 Å². The Hall–Kier alpha value is -9.10. The fourth-order valence-electron chi connectivity index (χ4n) is 12.4. The zero-order valence-corrected chi connectivity index (χ0v) is 40.1. The van der Waals surface area contributed by atoms with Crippen LogP contribution in [0.2, 0.25) is 0 Å². The normalized spacial score (nSPS) is 12.6. The van der Waals surface area contributed by atoms with Crippen molar-refractivity contribution < 1.29 is 9.47 Å². The van der Waals surface area contributed by atoms with Gasteiger partial charge in [-0.1, -0.05) is 194 Å². The summed E-state index contributed by atoms with van der Waals surface area (Å²) >= 11 is 0. The summed E-state index contributed by atoms with van der Waals surface area (Å²) < 4.78 is 18.8. The maximum Gasteiger partial charge on any atom is 0.261 e. The molecular weight excluding hydrogens is 892 g/mol. The number of nitrogens with zero attached hydrogens (tertiary/aromatic N) is 2. The molecule has 336 valence electrons. The Bertz CT molecular complexity index is 4190. The molecule has 6 heteroatoms. The zero-order valence-electron chi connectivity index (χ0n) is 39.1. The SMILES string of the molecule is c1ccc(-n2c3ccccc3c3cc4c(cc32)c2ccccc2n4-c2cc3c(c(-c4cccc([Si](c5ccccc5)(c5ccccc5)c5ccccc5)c4)c2)B2c4ccccc4Oc4cccc(c42)O3)cc1. The highest BCUT2D eigenvalue weighted by Gasteiger charge is 2.44. The third kappa shape index (κ3) is 5.93. The predicted octanol–water partition coefficient (Wildman–Crippen LogP) is 11.7. The third-order valence-electron chi connectivity index (χ3n) is 15.4. The number of hydrogen-bond acceptors (Lipinski definition) is 2. The first kappa shape index (κ1) is 40.8. The summed E-state index contributed by atoms with van der Waals surface area (Å²) in [5.74, 6) is 3.35. The molecule has 2 aromatic heterocycles. The van der Waals surface area contributed by atoms with Crippen molar-refractivity contribution in [1.82, 2.24) is 9.13 Å². The van der Waals surface area contributed by atoms with E-state index in [0.29, 0.717) is 0 Å². The van der Waals surface area contributed by atoms with Gasteiger partial charge < -0.3 is 18.6 Å². The summed E-state index contributed by atoms with van der Waals surface area (Å²) in [7, 11) is -2.91. The van der Waals surface area contributed by atoms with E-state index in [4.69, 9.17) is 9.47 Å². The summed E-state index contributed by atoms with van der Waals surface area (Å²) in [5, 5.41) is 10.1. The van der Waals surface area contributed by atoms with Gasteiger partial charge in [0.15, 0.2) is 8.07 Å². The first-order valence-corrected chi connectivity index (χ1v) is 26.8. The Morgan fingerprint density at radius 1 is 0.306 bits per heavy atom. The van der Waals surface area contributed by atoms with E-state index in [9.17, 15) is 0 Å². The van der Waals surface area contributed by atoms with Crippen LogP contribution in [0.5, 0.6) is 23.0 Å². The highest BCUT2D eigenvalue weighted by Crippen LogP contribution is 2.43. The first-order valence-electron chi connectivity index (χ1n) is 24.8. The monoisotopic (exact) mass is 934 g/mol. The Morgan fingerprint density at radius 3 is 1.39 bits per heavy atom. The molecule has 2 aliphatic heterocycles. The fraction of sp³-hybridized carbons (Fsp3) is 0. The van der Waals surface area contributed by atoms with E-state index in [1.54, 1.807) is 0 Å². The Morgan fingerprint density at radius 2 is 0.778 bits per heavy atom. The van der Waals surface area contributed by atoms with Gasteiger partial charge in [0.05, 0.1) is 27.8 Å². The van der Waals surface area contributed by atoms with Crippen molar-refractivity contribution in [3.63, 3.8) is 0 Å². The lowest BCUT2D eigenvalue weighted by Crippen LogP contribution is -2.74. The largest absolute Gasteiger partial charge is 0.458 e. The van der Waals surface area contributed by atoms with Crippen molar-refractivity contribution >= 4 is 95.5 Å². The van der Waals surface area contributed by atoms with Crippen LogP contribution in [0.3, 0.4) is 0 Å². The Balaban J connectivity index is 1.04. The molecule has 0 fully saturated rings. The number of para-hydroxylation sites is 4. The average molecular weight is 935 g/mol. The first-order chi connectivity index (χ1) is 35.7. The van der Waals surface area contributed by atoms with Gasteiger partial charge in [0.2, 0.25) is 0 Å². The van der Waals surface area contributed by atoms with Gasteiger partial charge in [-0.25, -0.2) is 0 Å². The van der Waals surface area contributed by atoms with Crippen LogP contribution in [0.4, 0.5) is 0 Å². The van der Waals surface area contributed by atoms with E-state index in [0.717, 1.165) is 72.9 Å². The second kappa shape index (κ2) is 16.0. The highest BCUT2D eigenvalue weighted by atomic mass is 28.3. The van der Waals surface area contributed by atoms with E-state index in [2.05, 4.69) is 264 Å². The van der Waals surface area contributed by atoms with Gasteiger partial charge in [0.25, 0.3) is 6.71 Å². The van der Waals surface area contributed by atoms with Crippen molar-refractivity contribution in [3.8, 4) is 45.5 Å². The standard InChI is InChI=1S/C66H43BN2O2Si/c1-5-22-45(23-6-1)68-57-34-16-13-31-51(57)54-43-60-55(42-59(54)68)52-32-14-17-35-58(52)69(60)46-40-53(65-64(41-46)71-63-38-20-37-62-66(63)67(65)56-33-15-18-36-61(56)70-62)44-21-19-30-50(39-44)72(47-24-7-2-8-25-47,48-26-9-3-10-27-48)49-28-11-4-12-29-49/h1-43H. The molecule has 0 spiro atoms. The van der Waals surface area contributed by atoms with Crippen LogP contribution >= 0.6 is 0 Å². The van der Waals surface area contributed by atoms with Crippen LogP contribution in [-0.2, 0) is 0 Å². The van der Waals surface area contributed by atoms with E-state index in [1.807, 2.05) is 6.07 Å². The molecule has 0 amide bonds. The van der Waals surface area contributed by atoms with Gasteiger partial charge >= 0.3 is 0 Å². The number of aromatic nitrogens is 2. The van der Waals surface area contributed by atoms with Crippen LogP contribution in [0.25, 0.3) is 66.1 Å². The number of fused-ring (bicyclic) bond motifs is 10. The molecule has 0 unspecified atom stereocenters. The van der Waals surface area contributed by atoms with Gasteiger partial charge in [-0.2, -0.15) is 0 Å². The van der Waals surface area contributed by atoms with E-state index >= 15 is 0 Å². The minimum atomic E-state index is -2.91. The maximum atomic E-state index is 7.26. The molecule has 0 atom stereocenters. The van der Waals surface area contributed by atoms with E-state index in [1.165, 1.54) is 53.3 Å². The van der Waals surface area contributed by atoms with Crippen LogP contribution in [0, 0.1) is 0 Å². The number of hydrogen-bond donors (Lipinski definition) is 0. The third-order valence-corrected chi connectivity index (χ3v) is 20.1. The molecule has 0 aliphatic carbocycles. The molecular formula is C66H43BN2O2Si. The Kier molecular flexibility index (Phi) is 9.04. The second-order valence-corrected chi connectivity index (χ2v) is 22.9. The topological polar surface area (TPSA) is 28.3 Å². The summed E-state index contributed by atoms with van der Waals surface area (Å²) in [6, 6.07) is 95.7. The molecule has 15 rings (SSSR count). The smallest absolute Gasteiger partial charge is 0.261 e. The quantitative estimate of drug-likeness (QED) is 0.118. The molecule has 13 aromatic rings. The molecule has 72 heavy (non-hydrogen) atoms. The van der Waals surface area contributed by atoms with Crippen LogP contribution in [0.15, 0.2) is 261 Å². The summed E-state index contributed by atoms with van der Waals surface area (Å²) in [5.41, 5.74) is 12.4. The van der Waals surface area contributed by atoms with Crippen molar-refractivity contribution in [2.75, 3.05) is 0 Å². The molecule has 4 heterocycles. The van der Waals surface area contributed by atoms with Crippen molar-refractivity contribution in [2.24, 2.45) is 0 Å². The van der Waals surface area contributed by atoms with E-state index < -0.39 is 8.07 Å². The molecule has 0 N–H and O–H groups in total. The molecule has 0 radical (unpaired) electrons.